The van der Waals surface area contributed by atoms with Crippen molar-refractivity contribution < 1.29 is 18.0 Å². The van der Waals surface area contributed by atoms with Crippen LogP contribution >= 0.6 is 0 Å². The van der Waals surface area contributed by atoms with Crippen LogP contribution in [0.1, 0.15) is 10.5 Å². The van der Waals surface area contributed by atoms with E-state index in [0.29, 0.717) is 0 Å². The van der Waals surface area contributed by atoms with Crippen LogP contribution in [-0.2, 0) is 0 Å². The van der Waals surface area contributed by atoms with Gasteiger partial charge in [-0.2, -0.15) is 0 Å². The van der Waals surface area contributed by atoms with E-state index in [1.54, 1.807) is 0 Å². The summed E-state index contributed by atoms with van der Waals surface area (Å²) in [6.45, 7) is 3.73. The van der Waals surface area contributed by atoms with Crippen LogP contribution in [0.15, 0.2) is 37.2 Å². The first kappa shape index (κ1) is 15.5. The minimum Gasteiger partial charge on any atom is -0.347 e. The summed E-state index contributed by atoms with van der Waals surface area (Å²) in [7, 11) is 0. The summed E-state index contributed by atoms with van der Waals surface area (Å²) in [6.07, 6.45) is 3.84. The normalized spacial score (nSPS) is 10.1. The van der Waals surface area contributed by atoms with Gasteiger partial charge in [-0.1, -0.05) is 6.08 Å². The summed E-state index contributed by atoms with van der Waals surface area (Å²) in [5.74, 6) is -4.61. The van der Waals surface area contributed by atoms with E-state index in [1.807, 2.05) is 0 Å². The van der Waals surface area contributed by atoms with Gasteiger partial charge in [0.25, 0.3) is 5.91 Å². The molecule has 0 aliphatic heterocycles. The van der Waals surface area contributed by atoms with Crippen molar-refractivity contribution in [3.8, 4) is 0 Å². The molecule has 114 valence electrons. The van der Waals surface area contributed by atoms with Gasteiger partial charge in [0.15, 0.2) is 17.5 Å². The molecule has 2 rings (SSSR count). The largest absolute Gasteiger partial charge is 0.347 e. The number of nitrogens with zero attached hydrogens (tertiary/aromatic N) is 2. The summed E-state index contributed by atoms with van der Waals surface area (Å²) in [5, 5.41) is 4.96. The maximum absolute atomic E-state index is 13.5. The SMILES string of the molecule is C=CCNC(=O)c1cnc(Nc2ccc(F)c(F)c2F)cn1. The number of anilines is 2. The van der Waals surface area contributed by atoms with Crippen LogP contribution in [-0.4, -0.2) is 22.4 Å². The smallest absolute Gasteiger partial charge is 0.271 e. The van der Waals surface area contributed by atoms with Crippen LogP contribution in [0.5, 0.6) is 0 Å². The second-order valence-corrected chi connectivity index (χ2v) is 4.13. The summed E-state index contributed by atoms with van der Waals surface area (Å²) in [5.41, 5.74) is -0.241. The van der Waals surface area contributed by atoms with Gasteiger partial charge in [0, 0.05) is 6.54 Å². The van der Waals surface area contributed by atoms with Gasteiger partial charge in [-0.15, -0.1) is 6.58 Å². The molecule has 22 heavy (non-hydrogen) atoms. The summed E-state index contributed by atoms with van der Waals surface area (Å²) >= 11 is 0. The van der Waals surface area contributed by atoms with Gasteiger partial charge in [0.1, 0.15) is 11.5 Å². The molecule has 2 aromatic rings. The summed E-state index contributed by atoms with van der Waals surface area (Å²) in [4.78, 5) is 19.3. The number of carbonyl (C=O) groups is 1. The highest BCUT2D eigenvalue weighted by molar-refractivity contribution is 5.92. The predicted octanol–water partition coefficient (Wildman–Crippen LogP) is 2.55. The van der Waals surface area contributed by atoms with Crippen LogP contribution in [0.4, 0.5) is 24.7 Å². The average Bonchev–Trinajstić information content (AvgIpc) is 2.54. The highest BCUT2D eigenvalue weighted by Gasteiger charge is 2.14. The molecule has 5 nitrogen and oxygen atoms in total. The van der Waals surface area contributed by atoms with Crippen LogP contribution in [0, 0.1) is 17.5 Å². The fraction of sp³-hybridized carbons (Fsp3) is 0.0714. The number of aromatic nitrogens is 2. The van der Waals surface area contributed by atoms with E-state index in [0.717, 1.165) is 12.1 Å². The zero-order valence-corrected chi connectivity index (χ0v) is 11.2. The Morgan fingerprint density at radius 2 is 1.95 bits per heavy atom. The van der Waals surface area contributed by atoms with Crippen molar-refractivity contribution in [3.05, 3.63) is 60.3 Å². The molecule has 0 aliphatic rings. The first-order valence-corrected chi connectivity index (χ1v) is 6.14. The monoisotopic (exact) mass is 308 g/mol. The minimum atomic E-state index is -1.58. The Balaban J connectivity index is 2.13. The van der Waals surface area contributed by atoms with Gasteiger partial charge in [-0.3, -0.25) is 4.79 Å². The number of benzene rings is 1. The van der Waals surface area contributed by atoms with E-state index in [2.05, 4.69) is 27.2 Å². The molecule has 0 atom stereocenters. The third kappa shape index (κ3) is 3.40. The average molecular weight is 308 g/mol. The Labute approximate surface area is 123 Å². The van der Waals surface area contributed by atoms with E-state index >= 15 is 0 Å². The van der Waals surface area contributed by atoms with E-state index in [-0.39, 0.29) is 23.7 Å². The van der Waals surface area contributed by atoms with E-state index in [9.17, 15) is 18.0 Å². The third-order valence-electron chi connectivity index (χ3n) is 2.59. The molecule has 0 radical (unpaired) electrons. The van der Waals surface area contributed by atoms with Crippen molar-refractivity contribution in [2.75, 3.05) is 11.9 Å². The van der Waals surface area contributed by atoms with Crippen LogP contribution in [0.3, 0.4) is 0 Å². The topological polar surface area (TPSA) is 66.9 Å². The molecule has 0 bridgehead atoms. The molecule has 1 amide bonds. The minimum absolute atomic E-state index is 0.0539. The molecule has 1 aromatic heterocycles. The number of rotatable bonds is 5. The second-order valence-electron chi connectivity index (χ2n) is 4.13. The van der Waals surface area contributed by atoms with Crippen molar-refractivity contribution >= 4 is 17.4 Å². The zero-order chi connectivity index (χ0) is 16.1. The van der Waals surface area contributed by atoms with Crippen molar-refractivity contribution in [3.63, 3.8) is 0 Å². The van der Waals surface area contributed by atoms with Crippen molar-refractivity contribution in [2.24, 2.45) is 0 Å². The summed E-state index contributed by atoms with van der Waals surface area (Å²) in [6, 6.07) is 1.81. The Bertz CT molecular complexity index is 704. The number of hydrogen-bond donors (Lipinski definition) is 2. The van der Waals surface area contributed by atoms with Gasteiger partial charge in [0.2, 0.25) is 0 Å². The van der Waals surface area contributed by atoms with Gasteiger partial charge in [-0.25, -0.2) is 23.1 Å². The standard InChI is InChI=1S/C14H11F3N4O/c1-2-5-18-14(22)10-6-20-11(7-19-10)21-9-4-3-8(15)12(16)13(9)17/h2-4,6-7H,1,5H2,(H,18,22)(H,20,21). The Kier molecular flexibility index (Phi) is 4.72. The highest BCUT2D eigenvalue weighted by Crippen LogP contribution is 2.22. The number of hydrogen-bond acceptors (Lipinski definition) is 4. The number of nitrogens with one attached hydrogen (secondary N) is 2. The third-order valence-corrected chi connectivity index (χ3v) is 2.59. The van der Waals surface area contributed by atoms with Gasteiger partial charge in [-0.05, 0) is 12.1 Å². The van der Waals surface area contributed by atoms with Crippen LogP contribution in [0.25, 0.3) is 0 Å². The van der Waals surface area contributed by atoms with Crippen LogP contribution in [0.2, 0.25) is 0 Å². The van der Waals surface area contributed by atoms with Gasteiger partial charge in [0.05, 0.1) is 18.1 Å². The molecular weight excluding hydrogens is 297 g/mol. The molecule has 0 saturated carbocycles. The molecule has 0 unspecified atom stereocenters. The fourth-order valence-electron chi connectivity index (χ4n) is 1.53. The second kappa shape index (κ2) is 6.70. The summed E-state index contributed by atoms with van der Waals surface area (Å²) < 4.78 is 39.4. The maximum atomic E-state index is 13.5. The van der Waals surface area contributed by atoms with Gasteiger partial charge < -0.3 is 10.6 Å². The molecule has 1 heterocycles. The quantitative estimate of drug-likeness (QED) is 0.658. The molecule has 0 saturated heterocycles. The lowest BCUT2D eigenvalue weighted by Crippen LogP contribution is -2.24. The molecular formula is C14H11F3N4O. The zero-order valence-electron chi connectivity index (χ0n) is 11.2. The Morgan fingerprint density at radius 3 is 2.59 bits per heavy atom. The number of halogens is 3. The predicted molar refractivity (Wildman–Crippen MR) is 74.2 cm³/mol. The molecule has 8 heteroatoms. The van der Waals surface area contributed by atoms with Crippen molar-refractivity contribution in [2.45, 2.75) is 0 Å². The Hall–Kier alpha value is -2.90. The van der Waals surface area contributed by atoms with E-state index < -0.39 is 23.4 Å². The van der Waals surface area contributed by atoms with E-state index in [1.165, 1.54) is 18.5 Å². The fourth-order valence-corrected chi connectivity index (χ4v) is 1.53. The van der Waals surface area contributed by atoms with E-state index in [4.69, 9.17) is 0 Å². The molecule has 0 spiro atoms. The lowest BCUT2D eigenvalue weighted by atomic mass is 10.3. The Morgan fingerprint density at radius 1 is 1.18 bits per heavy atom. The number of amides is 1. The maximum Gasteiger partial charge on any atom is 0.271 e. The molecule has 1 aromatic carbocycles. The molecule has 2 N–H and O–H groups in total. The van der Waals surface area contributed by atoms with Crippen molar-refractivity contribution in [1.29, 1.82) is 0 Å². The van der Waals surface area contributed by atoms with Gasteiger partial charge >= 0.3 is 0 Å². The molecule has 0 fully saturated rings. The lowest BCUT2D eigenvalue weighted by Gasteiger charge is -2.08. The highest BCUT2D eigenvalue weighted by atomic mass is 19.2. The first-order valence-electron chi connectivity index (χ1n) is 6.14. The van der Waals surface area contributed by atoms with Crippen molar-refractivity contribution in [1.82, 2.24) is 15.3 Å². The number of carbonyl (C=O) groups excluding carboxylic acids is 1. The molecule has 0 aliphatic carbocycles. The lowest BCUT2D eigenvalue weighted by molar-refractivity contribution is 0.0952. The first-order chi connectivity index (χ1) is 10.5. The van der Waals surface area contributed by atoms with Crippen LogP contribution < -0.4 is 10.6 Å².